The van der Waals surface area contributed by atoms with Gasteiger partial charge in [0.1, 0.15) is 0 Å². The predicted octanol–water partition coefficient (Wildman–Crippen LogP) is 7.05. The summed E-state index contributed by atoms with van der Waals surface area (Å²) < 4.78 is 0. The molecule has 23 heavy (non-hydrogen) atoms. The molecule has 0 aliphatic rings. The lowest BCUT2D eigenvalue weighted by molar-refractivity contribution is -0.137. The van der Waals surface area contributed by atoms with Gasteiger partial charge in [-0.25, -0.2) is 0 Å². The second-order valence-electron chi connectivity index (χ2n) is 6.51. The summed E-state index contributed by atoms with van der Waals surface area (Å²) in [5.74, 6) is -0.673. The van der Waals surface area contributed by atoms with Crippen molar-refractivity contribution in [2.45, 2.75) is 103 Å². The largest absolute Gasteiger partial charge is 0.481 e. The topological polar surface area (TPSA) is 37.3 Å². The third-order valence-electron chi connectivity index (χ3n) is 4.21. The molecule has 0 aromatic rings. The maximum Gasteiger partial charge on any atom is 0.303 e. The van der Waals surface area contributed by atoms with E-state index in [0.717, 1.165) is 25.7 Å². The molecule has 0 aliphatic carbocycles. The zero-order valence-corrected chi connectivity index (χ0v) is 15.1. The van der Waals surface area contributed by atoms with Crippen LogP contribution < -0.4 is 0 Å². The van der Waals surface area contributed by atoms with Crippen LogP contribution in [-0.2, 0) is 4.79 Å². The fourth-order valence-corrected chi connectivity index (χ4v) is 2.74. The molecule has 1 N–H and O–H groups in total. The minimum atomic E-state index is -0.673. The van der Waals surface area contributed by atoms with E-state index in [0.29, 0.717) is 6.42 Å². The Morgan fingerprint density at radius 3 is 1.48 bits per heavy atom. The van der Waals surface area contributed by atoms with Crippen LogP contribution in [0.5, 0.6) is 0 Å². The highest BCUT2D eigenvalue weighted by atomic mass is 16.4. The van der Waals surface area contributed by atoms with Crippen molar-refractivity contribution in [1.82, 2.24) is 0 Å². The Bertz CT molecular complexity index is 294. The molecule has 0 saturated heterocycles. The van der Waals surface area contributed by atoms with Crippen LogP contribution in [0.2, 0.25) is 0 Å². The van der Waals surface area contributed by atoms with Crippen molar-refractivity contribution in [3.05, 3.63) is 24.8 Å². The molecule has 134 valence electrons. The Kier molecular flexibility index (Phi) is 18.1. The highest BCUT2D eigenvalue weighted by Crippen LogP contribution is 2.12. The van der Waals surface area contributed by atoms with Gasteiger partial charge in [0.2, 0.25) is 0 Å². The smallest absolute Gasteiger partial charge is 0.303 e. The van der Waals surface area contributed by atoms with Gasteiger partial charge in [-0.1, -0.05) is 69.6 Å². The monoisotopic (exact) mass is 322 g/mol. The van der Waals surface area contributed by atoms with Gasteiger partial charge in [0.05, 0.1) is 0 Å². The van der Waals surface area contributed by atoms with E-state index in [1.165, 1.54) is 70.6 Å². The average molecular weight is 323 g/mol. The predicted molar refractivity (Wildman–Crippen MR) is 101 cm³/mol. The number of allylic oxidation sites excluding steroid dienone is 3. The molecule has 0 aromatic carbocycles. The van der Waals surface area contributed by atoms with E-state index in [1.807, 2.05) is 6.08 Å². The summed E-state index contributed by atoms with van der Waals surface area (Å²) in [6.45, 7) is 3.75. The molecule has 0 bridgehead atoms. The summed E-state index contributed by atoms with van der Waals surface area (Å²) in [4.78, 5) is 10.4. The Morgan fingerprint density at radius 2 is 1.04 bits per heavy atom. The second kappa shape index (κ2) is 19.0. The maximum absolute atomic E-state index is 10.4. The van der Waals surface area contributed by atoms with Crippen molar-refractivity contribution in [3.63, 3.8) is 0 Å². The number of hydrogen-bond acceptors (Lipinski definition) is 1. The van der Waals surface area contributed by atoms with E-state index in [-0.39, 0.29) is 0 Å². The lowest BCUT2D eigenvalue weighted by atomic mass is 10.1. The lowest BCUT2D eigenvalue weighted by Gasteiger charge is -2.01. The van der Waals surface area contributed by atoms with Crippen molar-refractivity contribution in [2.24, 2.45) is 0 Å². The molecular formula is C21H38O2. The van der Waals surface area contributed by atoms with Crippen molar-refractivity contribution in [2.75, 3.05) is 0 Å². The number of carboxylic acid groups (broad SMARTS) is 1. The number of carbonyl (C=O) groups is 1. The molecular weight excluding hydrogens is 284 g/mol. The molecule has 2 nitrogen and oxygen atoms in total. The average Bonchev–Trinajstić information content (AvgIpc) is 2.53. The Balaban J connectivity index is 3.08. The molecule has 0 amide bonds. The third kappa shape index (κ3) is 21.0. The Labute approximate surface area is 144 Å². The van der Waals surface area contributed by atoms with Gasteiger partial charge in [0, 0.05) is 6.42 Å². The standard InChI is InChI=1S/C21H38O2/c1-2-3-4-5-6-7-8-9-10-11-12-13-14-15-16-17-18-19-20-21(22)23/h2,14-15H,1,3-13,16-20H2,(H,22,23). The van der Waals surface area contributed by atoms with Crippen LogP contribution in [-0.4, -0.2) is 11.1 Å². The number of aliphatic carboxylic acids is 1. The molecule has 0 aliphatic heterocycles. The van der Waals surface area contributed by atoms with Crippen LogP contribution >= 0.6 is 0 Å². The lowest BCUT2D eigenvalue weighted by Crippen LogP contribution is -1.93. The molecule has 0 unspecified atom stereocenters. The van der Waals surface area contributed by atoms with Crippen LogP contribution in [0.25, 0.3) is 0 Å². The quantitative estimate of drug-likeness (QED) is 0.217. The maximum atomic E-state index is 10.4. The first-order chi connectivity index (χ1) is 11.3. The van der Waals surface area contributed by atoms with Gasteiger partial charge in [0.25, 0.3) is 0 Å². The number of carboxylic acids is 1. The first kappa shape index (κ1) is 21.9. The van der Waals surface area contributed by atoms with Crippen LogP contribution in [0.4, 0.5) is 0 Å². The number of rotatable bonds is 18. The zero-order valence-electron chi connectivity index (χ0n) is 15.1. The van der Waals surface area contributed by atoms with E-state index in [1.54, 1.807) is 0 Å². The van der Waals surface area contributed by atoms with E-state index < -0.39 is 5.97 Å². The van der Waals surface area contributed by atoms with E-state index in [2.05, 4.69) is 18.7 Å². The Hall–Kier alpha value is -1.05. The molecule has 0 radical (unpaired) electrons. The van der Waals surface area contributed by atoms with Crippen molar-refractivity contribution in [3.8, 4) is 0 Å². The second-order valence-corrected chi connectivity index (χ2v) is 6.51. The van der Waals surface area contributed by atoms with Gasteiger partial charge >= 0.3 is 5.97 Å². The van der Waals surface area contributed by atoms with E-state index in [9.17, 15) is 4.79 Å². The summed E-state index contributed by atoms with van der Waals surface area (Å²) in [6, 6.07) is 0. The van der Waals surface area contributed by atoms with Crippen LogP contribution in [0.15, 0.2) is 24.8 Å². The first-order valence-corrected chi connectivity index (χ1v) is 9.75. The van der Waals surface area contributed by atoms with Crippen molar-refractivity contribution in [1.29, 1.82) is 0 Å². The van der Waals surface area contributed by atoms with Gasteiger partial charge in [0.15, 0.2) is 0 Å². The molecule has 0 spiro atoms. The Morgan fingerprint density at radius 1 is 0.652 bits per heavy atom. The highest BCUT2D eigenvalue weighted by Gasteiger charge is 1.95. The highest BCUT2D eigenvalue weighted by molar-refractivity contribution is 5.66. The summed E-state index contributed by atoms with van der Waals surface area (Å²) in [6.07, 6.45) is 25.7. The molecule has 0 fully saturated rings. The van der Waals surface area contributed by atoms with Gasteiger partial charge < -0.3 is 5.11 Å². The van der Waals surface area contributed by atoms with E-state index in [4.69, 9.17) is 5.11 Å². The molecule has 2 heteroatoms. The van der Waals surface area contributed by atoms with Crippen LogP contribution in [0, 0.1) is 0 Å². The fourth-order valence-electron chi connectivity index (χ4n) is 2.74. The van der Waals surface area contributed by atoms with Gasteiger partial charge in [-0.15, -0.1) is 6.58 Å². The van der Waals surface area contributed by atoms with Gasteiger partial charge in [-0.3, -0.25) is 4.79 Å². The third-order valence-corrected chi connectivity index (χ3v) is 4.21. The fraction of sp³-hybridized carbons (Fsp3) is 0.762. The summed E-state index contributed by atoms with van der Waals surface area (Å²) in [7, 11) is 0. The summed E-state index contributed by atoms with van der Waals surface area (Å²) in [5, 5.41) is 8.53. The van der Waals surface area contributed by atoms with Crippen LogP contribution in [0.1, 0.15) is 103 Å². The molecule has 0 heterocycles. The zero-order chi connectivity index (χ0) is 17.0. The molecule has 0 atom stereocenters. The van der Waals surface area contributed by atoms with Crippen molar-refractivity contribution < 1.29 is 9.90 Å². The molecule has 0 aromatic heterocycles. The van der Waals surface area contributed by atoms with Gasteiger partial charge in [-0.2, -0.15) is 0 Å². The first-order valence-electron chi connectivity index (χ1n) is 9.75. The summed E-state index contributed by atoms with van der Waals surface area (Å²) in [5.41, 5.74) is 0. The van der Waals surface area contributed by atoms with Gasteiger partial charge in [-0.05, 0) is 44.9 Å². The minimum Gasteiger partial charge on any atom is -0.481 e. The SMILES string of the molecule is C=CCCCCCCCCCCCC=CCCCCCC(=O)O. The van der Waals surface area contributed by atoms with Crippen molar-refractivity contribution >= 4 is 5.97 Å². The number of hydrogen-bond donors (Lipinski definition) is 1. The molecule has 0 saturated carbocycles. The normalized spacial score (nSPS) is 11.1. The van der Waals surface area contributed by atoms with Crippen LogP contribution in [0.3, 0.4) is 0 Å². The number of unbranched alkanes of at least 4 members (excludes halogenated alkanes) is 13. The minimum absolute atomic E-state index is 0.318. The molecule has 0 rings (SSSR count). The van der Waals surface area contributed by atoms with E-state index >= 15 is 0 Å². The summed E-state index contributed by atoms with van der Waals surface area (Å²) >= 11 is 0.